The molecule has 0 fully saturated rings. The van der Waals surface area contributed by atoms with Crippen LogP contribution in [0.1, 0.15) is 0 Å². The minimum absolute atomic E-state index is 0. The first-order valence-corrected chi connectivity index (χ1v) is 1.10. The van der Waals surface area contributed by atoms with Gasteiger partial charge in [0.15, 0.2) is 0 Å². The maximum absolute atomic E-state index is 8.28. The molecule has 0 aliphatic rings. The molecule has 2 nitrogen and oxygen atoms in total. The summed E-state index contributed by atoms with van der Waals surface area (Å²) in [5.41, 5.74) is 0. The average molecular weight is 99.9 g/mol. The standard InChI is InChI=1S/Al.BO.H2OSi/c;2*1-2/h;;2H2. The molecule has 0 unspecified atom stereocenters. The fourth-order valence-electron chi connectivity index (χ4n) is 0. The van der Waals surface area contributed by atoms with Crippen LogP contribution in [0.15, 0.2) is 0 Å². The van der Waals surface area contributed by atoms with Gasteiger partial charge >= 0.3 is 12.4 Å². The van der Waals surface area contributed by atoms with Crippen LogP contribution in [-0.2, 0) is 9.17 Å². The Labute approximate surface area is 45.0 Å². The first-order valence-electron chi connectivity index (χ1n) is 0.524. The van der Waals surface area contributed by atoms with Crippen LogP contribution in [0.4, 0.5) is 0 Å². The summed E-state index contributed by atoms with van der Waals surface area (Å²) in [6, 6.07) is 0. The molecule has 0 saturated carbocycles. The first kappa shape index (κ1) is 18.1. The van der Waals surface area contributed by atoms with E-state index in [1.807, 2.05) is 0 Å². The van der Waals surface area contributed by atoms with Crippen LogP contribution in [0.5, 0.6) is 0 Å². The summed E-state index contributed by atoms with van der Waals surface area (Å²) in [7, 11) is 3.86. The van der Waals surface area contributed by atoms with Crippen LogP contribution < -0.4 is 0 Å². The van der Waals surface area contributed by atoms with Gasteiger partial charge in [-0.2, -0.15) is 0 Å². The van der Waals surface area contributed by atoms with Crippen molar-refractivity contribution in [1.29, 1.82) is 0 Å². The van der Waals surface area contributed by atoms with Crippen molar-refractivity contribution in [2.45, 2.75) is 0 Å². The molecule has 0 aromatic heterocycles. The summed E-state index contributed by atoms with van der Waals surface area (Å²) in [6.45, 7) is 0. The Morgan fingerprint density at radius 1 is 1.20 bits per heavy atom. The normalized spacial score (nSPS) is 1.40. The molecule has 0 heterocycles. The molecule has 0 aromatic rings. The van der Waals surface area contributed by atoms with Crippen LogP contribution in [0.25, 0.3) is 0 Å². The van der Waals surface area contributed by atoms with E-state index in [1.54, 1.807) is 0 Å². The average Bonchev–Trinajstić information content (AvgIpc) is 1.50. The molecular weight excluding hydrogens is 97.9 g/mol. The van der Waals surface area contributed by atoms with Gasteiger partial charge in [-0.25, -0.2) is 0 Å². The van der Waals surface area contributed by atoms with E-state index < -0.39 is 0 Å². The van der Waals surface area contributed by atoms with E-state index in [-0.39, 0.29) is 17.4 Å². The van der Waals surface area contributed by atoms with Gasteiger partial charge in [0.05, 0.1) is 0 Å². The molecule has 5 heavy (non-hydrogen) atoms. The number of hydrogen-bond donors (Lipinski definition) is 0. The van der Waals surface area contributed by atoms with Gasteiger partial charge in [-0.05, 0) is 0 Å². The van der Waals surface area contributed by atoms with Crippen LogP contribution in [0, 0.1) is 0 Å². The fraction of sp³-hybridized carbons (Fsp3) is 0. The zero-order valence-electron chi connectivity index (χ0n) is 2.68. The number of rotatable bonds is 0. The SMILES string of the molecule is O=[SiH2].[Al].[B]=O. The summed E-state index contributed by atoms with van der Waals surface area (Å²) < 4.78 is 16.0. The summed E-state index contributed by atoms with van der Waals surface area (Å²) in [5, 5.41) is 0. The summed E-state index contributed by atoms with van der Waals surface area (Å²) >= 11 is 0. The summed E-state index contributed by atoms with van der Waals surface area (Å²) in [4.78, 5) is 0. The first-order chi connectivity index (χ1) is 2.00. The van der Waals surface area contributed by atoms with Crippen LogP contribution >= 0.6 is 0 Å². The summed E-state index contributed by atoms with van der Waals surface area (Å²) in [5.74, 6) is 0. The molecule has 0 saturated heterocycles. The zero-order valence-corrected chi connectivity index (χ0v) is 5.25. The van der Waals surface area contributed by atoms with Crippen molar-refractivity contribution in [3.05, 3.63) is 0 Å². The molecule has 24 valence electrons. The van der Waals surface area contributed by atoms with Gasteiger partial charge < -0.3 is 4.46 Å². The Kier molecular flexibility index (Phi) is 1090. The van der Waals surface area contributed by atoms with Crippen LogP contribution in [-0.4, -0.2) is 35.2 Å². The van der Waals surface area contributed by atoms with Gasteiger partial charge in [0.2, 0.25) is 10.1 Å². The molecule has 0 aromatic carbocycles. The Bertz CT molecular complexity index is 11.6. The van der Waals surface area contributed by atoms with E-state index in [2.05, 4.69) is 7.72 Å². The van der Waals surface area contributed by atoms with Crippen molar-refractivity contribution in [1.82, 2.24) is 0 Å². The minimum atomic E-state index is 0. The monoisotopic (exact) mass is 100.0 g/mol. The Balaban J connectivity index is -0.0000000133. The third-order valence-electron chi connectivity index (χ3n) is 0. The Morgan fingerprint density at radius 2 is 1.20 bits per heavy atom. The Hall–Kier alpha value is 0.414. The third kappa shape index (κ3) is 150. The quantitative estimate of drug-likeness (QED) is 0.332. The van der Waals surface area contributed by atoms with Crippen molar-refractivity contribution >= 4 is 35.2 Å². The second-order valence-electron chi connectivity index (χ2n) is 0. The predicted octanol–water partition coefficient (Wildman–Crippen LogP) is -1.92. The Morgan fingerprint density at radius 3 is 1.20 bits per heavy atom. The van der Waals surface area contributed by atoms with Crippen molar-refractivity contribution in [3.63, 3.8) is 0 Å². The van der Waals surface area contributed by atoms with E-state index in [0.29, 0.717) is 10.1 Å². The van der Waals surface area contributed by atoms with E-state index >= 15 is 0 Å². The van der Waals surface area contributed by atoms with E-state index in [4.69, 9.17) is 9.17 Å². The van der Waals surface area contributed by atoms with Gasteiger partial charge in [-0.1, -0.05) is 0 Å². The van der Waals surface area contributed by atoms with Gasteiger partial charge in [0.1, 0.15) is 0 Å². The molecule has 0 N–H and O–H groups in total. The molecule has 0 bridgehead atoms. The van der Waals surface area contributed by atoms with Crippen molar-refractivity contribution in [2.24, 2.45) is 0 Å². The maximum atomic E-state index is 8.28. The van der Waals surface area contributed by atoms with Crippen molar-refractivity contribution in [3.8, 4) is 0 Å². The van der Waals surface area contributed by atoms with Gasteiger partial charge in [-0.15, -0.1) is 0 Å². The molecule has 0 aliphatic carbocycles. The second-order valence-corrected chi connectivity index (χ2v) is 0. The molecule has 4 radical (unpaired) electrons. The number of hydrogen-bond acceptors (Lipinski definition) is 2. The second kappa shape index (κ2) is 300. The molecule has 0 aliphatic heterocycles. The van der Waals surface area contributed by atoms with Gasteiger partial charge in [-0.3, -0.25) is 0 Å². The summed E-state index contributed by atoms with van der Waals surface area (Å²) in [6.07, 6.45) is 0. The van der Waals surface area contributed by atoms with Gasteiger partial charge in [0.25, 0.3) is 0 Å². The third-order valence-corrected chi connectivity index (χ3v) is 0. The van der Waals surface area contributed by atoms with Crippen LogP contribution in [0.3, 0.4) is 0 Å². The topological polar surface area (TPSA) is 34.1 Å². The van der Waals surface area contributed by atoms with E-state index in [0.717, 1.165) is 0 Å². The molecule has 0 amide bonds. The van der Waals surface area contributed by atoms with E-state index in [9.17, 15) is 0 Å². The predicted molar refractivity (Wildman–Crippen MR) is 21.4 cm³/mol. The molecule has 0 rings (SSSR count). The molecule has 0 atom stereocenters. The molecular formula is H2AlBO2Si. The zero-order chi connectivity index (χ0) is 4.00. The van der Waals surface area contributed by atoms with Crippen LogP contribution in [0.2, 0.25) is 0 Å². The molecule has 0 spiro atoms. The van der Waals surface area contributed by atoms with Crippen molar-refractivity contribution < 1.29 is 9.17 Å². The fourth-order valence-corrected chi connectivity index (χ4v) is 0. The van der Waals surface area contributed by atoms with Gasteiger partial charge in [0, 0.05) is 17.4 Å². The molecule has 5 heteroatoms. The van der Waals surface area contributed by atoms with Crippen molar-refractivity contribution in [2.75, 3.05) is 0 Å². The van der Waals surface area contributed by atoms with E-state index in [1.165, 1.54) is 0 Å².